The summed E-state index contributed by atoms with van der Waals surface area (Å²) < 4.78 is 34.0. The quantitative estimate of drug-likeness (QED) is 0.425. The second-order valence-electron chi connectivity index (χ2n) is 7.41. The largest absolute Gasteiger partial charge is 0.384 e. The fourth-order valence-corrected chi connectivity index (χ4v) is 4.83. The predicted molar refractivity (Wildman–Crippen MR) is 121 cm³/mol. The fourth-order valence-electron chi connectivity index (χ4n) is 3.56. The first-order chi connectivity index (χ1) is 14.5. The molecule has 3 aromatic rings. The molecular weight excluding hydrogens is 402 g/mol. The average Bonchev–Trinajstić information content (AvgIpc) is 3.10. The highest BCUT2D eigenvalue weighted by molar-refractivity contribution is 7.89. The van der Waals surface area contributed by atoms with Gasteiger partial charge in [0.25, 0.3) is 0 Å². The molecule has 0 amide bonds. The van der Waals surface area contributed by atoms with Gasteiger partial charge in [0.1, 0.15) is 11.3 Å². The molecule has 3 N–H and O–H groups in total. The molecule has 0 atom stereocenters. The number of hydrogen-bond acceptors (Lipinski definition) is 6. The maximum absolute atomic E-state index is 12.0. The third kappa shape index (κ3) is 5.27. The number of aromatic nitrogens is 3. The summed E-state index contributed by atoms with van der Waals surface area (Å²) in [5.74, 6) is 1.51. The molecule has 0 saturated heterocycles. The van der Waals surface area contributed by atoms with Gasteiger partial charge in [0, 0.05) is 32.0 Å². The summed E-state index contributed by atoms with van der Waals surface area (Å²) in [6.45, 7) is 3.71. The van der Waals surface area contributed by atoms with Crippen LogP contribution in [0.3, 0.4) is 0 Å². The maximum Gasteiger partial charge on any atom is 0.211 e. The van der Waals surface area contributed by atoms with Crippen LogP contribution in [0.2, 0.25) is 0 Å². The molecule has 164 valence electrons. The van der Waals surface area contributed by atoms with E-state index in [2.05, 4.69) is 14.3 Å². The van der Waals surface area contributed by atoms with Gasteiger partial charge in [-0.2, -0.15) is 0 Å². The summed E-state index contributed by atoms with van der Waals surface area (Å²) in [6, 6.07) is 7.90. The van der Waals surface area contributed by atoms with E-state index in [-0.39, 0.29) is 5.75 Å². The van der Waals surface area contributed by atoms with Crippen LogP contribution >= 0.6 is 0 Å². The van der Waals surface area contributed by atoms with Gasteiger partial charge < -0.3 is 15.0 Å². The van der Waals surface area contributed by atoms with Gasteiger partial charge in [0.2, 0.25) is 10.0 Å². The number of pyridine rings is 1. The van der Waals surface area contributed by atoms with Gasteiger partial charge in [-0.15, -0.1) is 0 Å². The van der Waals surface area contributed by atoms with Crippen molar-refractivity contribution in [3.05, 3.63) is 30.1 Å². The number of fused-ring (bicyclic) bond motifs is 3. The fraction of sp³-hybridized carbons (Fsp3) is 0.524. The van der Waals surface area contributed by atoms with Crippen LogP contribution in [-0.4, -0.2) is 49.0 Å². The number of unbranched alkanes of at least 4 members (excludes halogenated alkanes) is 2. The Morgan fingerprint density at radius 3 is 2.73 bits per heavy atom. The van der Waals surface area contributed by atoms with Crippen LogP contribution in [-0.2, 0) is 27.7 Å². The summed E-state index contributed by atoms with van der Waals surface area (Å²) in [4.78, 5) is 9.25. The Kier molecular flexibility index (Phi) is 7.63. The zero-order valence-corrected chi connectivity index (χ0v) is 18.5. The van der Waals surface area contributed by atoms with Crippen molar-refractivity contribution in [3.63, 3.8) is 0 Å². The topological polar surface area (TPSA) is 112 Å². The van der Waals surface area contributed by atoms with Crippen LogP contribution in [0, 0.1) is 0 Å². The number of aryl methyl sites for hydroxylation is 1. The van der Waals surface area contributed by atoms with E-state index >= 15 is 0 Å². The van der Waals surface area contributed by atoms with Crippen molar-refractivity contribution >= 4 is 37.8 Å². The molecule has 0 bridgehead atoms. The molecule has 0 radical (unpaired) electrons. The summed E-state index contributed by atoms with van der Waals surface area (Å²) >= 11 is 0. The number of para-hydroxylation sites is 1. The minimum atomic E-state index is -3.18. The number of benzene rings is 1. The molecule has 0 aliphatic heterocycles. The number of sulfonamides is 1. The van der Waals surface area contributed by atoms with Gasteiger partial charge in [0.15, 0.2) is 5.82 Å². The van der Waals surface area contributed by atoms with E-state index in [4.69, 9.17) is 15.5 Å². The molecule has 0 aliphatic carbocycles. The molecule has 2 heterocycles. The maximum atomic E-state index is 12.0. The molecule has 0 spiro atoms. The van der Waals surface area contributed by atoms with Crippen LogP contribution in [0.4, 0.5) is 5.82 Å². The van der Waals surface area contributed by atoms with Gasteiger partial charge >= 0.3 is 0 Å². The second-order valence-corrected chi connectivity index (χ2v) is 9.33. The molecular formula is C21H31N5O3S. The predicted octanol–water partition coefficient (Wildman–Crippen LogP) is 2.86. The lowest BCUT2D eigenvalue weighted by Gasteiger charge is -2.11. The number of methoxy groups -OCH3 is 1. The number of anilines is 1. The Balaban J connectivity index is 1.79. The van der Waals surface area contributed by atoms with Crippen molar-refractivity contribution in [1.29, 1.82) is 0 Å². The molecule has 8 nitrogen and oxygen atoms in total. The van der Waals surface area contributed by atoms with E-state index in [0.29, 0.717) is 37.3 Å². The molecule has 2 aromatic heterocycles. The molecule has 9 heteroatoms. The molecule has 3 rings (SSSR count). The number of hydrogen-bond donors (Lipinski definition) is 2. The first-order valence-electron chi connectivity index (χ1n) is 10.5. The van der Waals surface area contributed by atoms with Crippen molar-refractivity contribution in [2.75, 3.05) is 31.7 Å². The average molecular weight is 434 g/mol. The van der Waals surface area contributed by atoms with Gasteiger partial charge in [-0.3, -0.25) is 0 Å². The molecule has 0 aliphatic rings. The number of imidazole rings is 1. The van der Waals surface area contributed by atoms with E-state index in [0.717, 1.165) is 48.1 Å². The minimum Gasteiger partial charge on any atom is -0.384 e. The van der Waals surface area contributed by atoms with Crippen molar-refractivity contribution < 1.29 is 13.2 Å². The molecule has 1 aromatic carbocycles. The Labute approximate surface area is 177 Å². The lowest BCUT2D eigenvalue weighted by Crippen LogP contribution is -2.27. The number of nitrogens with zero attached hydrogens (tertiary/aromatic N) is 3. The zero-order chi connectivity index (χ0) is 21.6. The normalized spacial score (nSPS) is 12.2. The highest BCUT2D eigenvalue weighted by atomic mass is 32.2. The molecule has 0 unspecified atom stereocenters. The Morgan fingerprint density at radius 2 is 1.97 bits per heavy atom. The van der Waals surface area contributed by atoms with Gasteiger partial charge in [-0.1, -0.05) is 31.5 Å². The third-order valence-electron chi connectivity index (χ3n) is 5.12. The Morgan fingerprint density at radius 1 is 1.17 bits per heavy atom. The standard InChI is InChI=1S/C21H31N5O3S/c1-3-4-15-30(27,28)23-12-7-8-13-26-18(11-14-29-2)25-19-20(26)16-9-5-6-10-17(16)24-21(19)22/h5-6,9-10,23H,3-4,7-8,11-15H2,1-2H3,(H2,22,24). The first kappa shape index (κ1) is 22.5. The lowest BCUT2D eigenvalue weighted by molar-refractivity contribution is 0.199. The highest BCUT2D eigenvalue weighted by Gasteiger charge is 2.17. The summed E-state index contributed by atoms with van der Waals surface area (Å²) in [5, 5.41) is 1.01. The molecule has 30 heavy (non-hydrogen) atoms. The van der Waals surface area contributed by atoms with Crippen LogP contribution in [0.25, 0.3) is 21.9 Å². The monoisotopic (exact) mass is 433 g/mol. The second kappa shape index (κ2) is 10.2. The van der Waals surface area contributed by atoms with E-state index in [1.807, 2.05) is 31.2 Å². The van der Waals surface area contributed by atoms with Crippen molar-refractivity contribution in [2.24, 2.45) is 0 Å². The number of nitrogens with two attached hydrogens (primary N) is 1. The number of ether oxygens (including phenoxy) is 1. The van der Waals surface area contributed by atoms with E-state index in [9.17, 15) is 8.42 Å². The van der Waals surface area contributed by atoms with E-state index in [1.165, 1.54) is 0 Å². The van der Waals surface area contributed by atoms with Crippen molar-refractivity contribution in [1.82, 2.24) is 19.3 Å². The van der Waals surface area contributed by atoms with Crippen molar-refractivity contribution in [3.8, 4) is 0 Å². The number of rotatable bonds is 12. The highest BCUT2D eigenvalue weighted by Crippen LogP contribution is 2.29. The molecule has 0 saturated carbocycles. The number of nitrogen functional groups attached to an aromatic ring is 1. The van der Waals surface area contributed by atoms with Crippen LogP contribution in [0.5, 0.6) is 0 Å². The SMILES string of the molecule is CCCCS(=O)(=O)NCCCCn1c(CCOC)nc2c(N)nc3ccccc3c21. The van der Waals surface area contributed by atoms with Crippen LogP contribution < -0.4 is 10.5 Å². The van der Waals surface area contributed by atoms with Crippen molar-refractivity contribution in [2.45, 2.75) is 45.6 Å². The van der Waals surface area contributed by atoms with Gasteiger partial charge in [0.05, 0.1) is 23.4 Å². The van der Waals surface area contributed by atoms with Gasteiger partial charge in [-0.25, -0.2) is 23.1 Å². The third-order valence-corrected chi connectivity index (χ3v) is 6.59. The van der Waals surface area contributed by atoms with E-state index in [1.54, 1.807) is 7.11 Å². The Hall–Kier alpha value is -2.23. The zero-order valence-electron chi connectivity index (χ0n) is 17.7. The summed E-state index contributed by atoms with van der Waals surface area (Å²) in [7, 11) is -1.51. The minimum absolute atomic E-state index is 0.190. The summed E-state index contributed by atoms with van der Waals surface area (Å²) in [6.07, 6.45) is 3.78. The Bertz CT molecular complexity index is 1090. The lowest BCUT2D eigenvalue weighted by atomic mass is 10.2. The first-order valence-corrected chi connectivity index (χ1v) is 12.1. The van der Waals surface area contributed by atoms with Crippen LogP contribution in [0.1, 0.15) is 38.4 Å². The van der Waals surface area contributed by atoms with Crippen LogP contribution in [0.15, 0.2) is 24.3 Å². The number of nitrogens with one attached hydrogen (secondary N) is 1. The van der Waals surface area contributed by atoms with Gasteiger partial charge in [-0.05, 0) is 25.3 Å². The van der Waals surface area contributed by atoms with E-state index < -0.39 is 10.0 Å². The smallest absolute Gasteiger partial charge is 0.211 e. The summed E-state index contributed by atoms with van der Waals surface area (Å²) in [5.41, 5.74) is 8.73. The molecule has 0 fully saturated rings.